The number of hydrogen-bond donors (Lipinski definition) is 3. The molecule has 42 heavy (non-hydrogen) atoms. The number of halogens is 2. The van der Waals surface area contributed by atoms with E-state index in [9.17, 15) is 18.7 Å². The monoisotopic (exact) mass is 582 g/mol. The third-order valence-corrected chi connectivity index (χ3v) is 9.30. The van der Waals surface area contributed by atoms with Crippen molar-refractivity contribution < 1.29 is 18.7 Å². The fraction of sp³-hybridized carbons (Fsp3) is 0.600. The normalized spacial score (nSPS) is 25.5. The van der Waals surface area contributed by atoms with Crippen LogP contribution in [-0.4, -0.2) is 86.2 Å². The highest BCUT2D eigenvalue weighted by Gasteiger charge is 2.32. The molecule has 12 heteroatoms. The smallest absolute Gasteiger partial charge is 0.225 e. The number of piperazine rings is 1. The summed E-state index contributed by atoms with van der Waals surface area (Å²) in [4.78, 5) is 31.3. The van der Waals surface area contributed by atoms with Gasteiger partial charge < -0.3 is 25.5 Å². The van der Waals surface area contributed by atoms with Gasteiger partial charge in [-0.2, -0.15) is 4.98 Å². The number of nitrogens with one attached hydrogen (secondary N) is 2. The Kier molecular flexibility index (Phi) is 8.53. The molecule has 0 spiro atoms. The van der Waals surface area contributed by atoms with Crippen molar-refractivity contribution in [1.29, 1.82) is 0 Å². The van der Waals surface area contributed by atoms with Crippen molar-refractivity contribution in [2.75, 3.05) is 50.5 Å². The highest BCUT2D eigenvalue weighted by atomic mass is 19.1. The molecule has 0 bridgehead atoms. The Bertz CT molecular complexity index is 1370. The van der Waals surface area contributed by atoms with Gasteiger partial charge in [-0.1, -0.05) is 6.07 Å². The number of nitrogens with zero attached hydrogens (tertiary/aromatic N) is 6. The predicted octanol–water partition coefficient (Wildman–Crippen LogP) is 4.32. The molecule has 2 aromatic heterocycles. The Morgan fingerprint density at radius 2 is 1.67 bits per heavy atom. The molecule has 1 aliphatic heterocycles. The van der Waals surface area contributed by atoms with E-state index in [0.717, 1.165) is 77.5 Å². The van der Waals surface area contributed by atoms with Gasteiger partial charge in [-0.3, -0.25) is 9.36 Å². The average Bonchev–Trinajstić information content (AvgIpc) is 3.37. The number of rotatable bonds is 7. The van der Waals surface area contributed by atoms with Crippen LogP contribution in [0.2, 0.25) is 0 Å². The highest BCUT2D eigenvalue weighted by molar-refractivity contribution is 5.79. The molecule has 3 aromatic rings. The minimum Gasteiger partial charge on any atom is -0.396 e. The number of amides is 1. The summed E-state index contributed by atoms with van der Waals surface area (Å²) in [5, 5.41) is 16.0. The van der Waals surface area contributed by atoms with Gasteiger partial charge in [-0.15, -0.1) is 0 Å². The summed E-state index contributed by atoms with van der Waals surface area (Å²) in [6, 6.07) is 3.91. The van der Waals surface area contributed by atoms with Gasteiger partial charge in [-0.05, 0) is 76.5 Å². The second kappa shape index (κ2) is 12.5. The maximum Gasteiger partial charge on any atom is 0.225 e. The molecule has 3 heterocycles. The first-order chi connectivity index (χ1) is 20.4. The number of anilines is 3. The molecule has 6 rings (SSSR count). The Balaban J connectivity index is 1.19. The third-order valence-electron chi connectivity index (χ3n) is 9.30. The largest absolute Gasteiger partial charge is 0.396 e. The molecule has 0 atom stereocenters. The minimum absolute atomic E-state index is 0.00825. The van der Waals surface area contributed by atoms with E-state index in [0.29, 0.717) is 23.1 Å². The van der Waals surface area contributed by atoms with E-state index in [-0.39, 0.29) is 42.1 Å². The molecule has 1 aromatic carbocycles. The van der Waals surface area contributed by atoms with E-state index in [1.807, 2.05) is 9.47 Å². The molecule has 3 aliphatic rings. The van der Waals surface area contributed by atoms with Crippen molar-refractivity contribution in [3.05, 3.63) is 36.0 Å². The zero-order valence-corrected chi connectivity index (χ0v) is 24.1. The SMILES string of the molecule is CN1CCN(C(=O)C2CCC(Nc3ncc4nc(Nc5c(F)cccc5F)n(C5CCC(CO)CC5)c4n3)CC2)CC1. The average molecular weight is 583 g/mol. The molecule has 0 unspecified atom stereocenters. The maximum atomic E-state index is 14.6. The van der Waals surface area contributed by atoms with Gasteiger partial charge >= 0.3 is 0 Å². The van der Waals surface area contributed by atoms with E-state index >= 15 is 0 Å². The van der Waals surface area contributed by atoms with Gasteiger partial charge in [0.05, 0.1) is 6.20 Å². The second-order valence-corrected chi connectivity index (χ2v) is 12.1. The lowest BCUT2D eigenvalue weighted by Crippen LogP contribution is -2.49. The number of likely N-dealkylation sites (N-methyl/N-ethyl adjacent to an activating group) is 1. The third kappa shape index (κ3) is 6.05. The number of aliphatic hydroxyl groups is 1. The molecule has 3 fully saturated rings. The number of imidazole rings is 1. The van der Waals surface area contributed by atoms with Crippen LogP contribution in [0.5, 0.6) is 0 Å². The van der Waals surface area contributed by atoms with Crippen molar-refractivity contribution in [2.24, 2.45) is 11.8 Å². The van der Waals surface area contributed by atoms with Crippen LogP contribution in [0.4, 0.5) is 26.4 Å². The van der Waals surface area contributed by atoms with Crippen molar-refractivity contribution >= 4 is 34.7 Å². The molecule has 226 valence electrons. The Morgan fingerprint density at radius 1 is 0.976 bits per heavy atom. The van der Waals surface area contributed by atoms with Crippen LogP contribution >= 0.6 is 0 Å². The van der Waals surface area contributed by atoms with Crippen molar-refractivity contribution in [3.8, 4) is 0 Å². The van der Waals surface area contributed by atoms with Gasteiger partial charge in [0.1, 0.15) is 22.8 Å². The summed E-state index contributed by atoms with van der Waals surface area (Å²) in [5.41, 5.74) is 0.871. The van der Waals surface area contributed by atoms with Crippen LogP contribution < -0.4 is 10.6 Å². The first-order valence-corrected chi connectivity index (χ1v) is 15.2. The Labute approximate surface area is 244 Å². The molecule has 2 aliphatic carbocycles. The Morgan fingerprint density at radius 3 is 2.33 bits per heavy atom. The first-order valence-electron chi connectivity index (χ1n) is 15.2. The van der Waals surface area contributed by atoms with Gasteiger partial charge in [0.25, 0.3) is 0 Å². The van der Waals surface area contributed by atoms with Crippen LogP contribution in [0.1, 0.15) is 57.4 Å². The number of hydrogen-bond acceptors (Lipinski definition) is 8. The van der Waals surface area contributed by atoms with Gasteiger partial charge in [0.2, 0.25) is 17.8 Å². The number of carbonyl (C=O) groups is 1. The van der Waals surface area contributed by atoms with E-state index in [2.05, 4.69) is 32.5 Å². The molecule has 10 nitrogen and oxygen atoms in total. The van der Waals surface area contributed by atoms with Gasteiger partial charge in [0.15, 0.2) is 5.65 Å². The van der Waals surface area contributed by atoms with Crippen LogP contribution in [0.15, 0.2) is 24.4 Å². The molecule has 3 N–H and O–H groups in total. The Hall–Kier alpha value is -3.38. The standard InChI is InChI=1S/C30H40F2N8O2/c1-38-13-15-39(16-14-38)28(42)20-7-9-21(10-8-20)34-29-33-17-25-27(37-29)40(22-11-5-19(18-41)6-12-22)30(35-25)36-26-23(31)3-2-4-24(26)32/h2-4,17,19-22,41H,5-16,18H2,1H3,(H,35,36)(H,33,34,37). The summed E-state index contributed by atoms with van der Waals surface area (Å²) in [6.07, 6.45) is 8.31. The van der Waals surface area contributed by atoms with Gasteiger partial charge in [-0.25, -0.2) is 18.7 Å². The van der Waals surface area contributed by atoms with Crippen molar-refractivity contribution in [2.45, 2.75) is 63.5 Å². The fourth-order valence-electron chi connectivity index (χ4n) is 6.66. The first kappa shape index (κ1) is 28.7. The fourth-order valence-corrected chi connectivity index (χ4v) is 6.66. The zero-order valence-electron chi connectivity index (χ0n) is 24.1. The number of benzene rings is 1. The van der Waals surface area contributed by atoms with Crippen LogP contribution in [0.3, 0.4) is 0 Å². The topological polar surface area (TPSA) is 111 Å². The summed E-state index contributed by atoms with van der Waals surface area (Å²) in [6.45, 7) is 3.61. The summed E-state index contributed by atoms with van der Waals surface area (Å²) >= 11 is 0. The number of aromatic nitrogens is 4. The lowest BCUT2D eigenvalue weighted by molar-refractivity contribution is -0.138. The number of para-hydroxylation sites is 1. The lowest BCUT2D eigenvalue weighted by Gasteiger charge is -2.36. The van der Waals surface area contributed by atoms with Crippen LogP contribution in [0, 0.1) is 23.5 Å². The second-order valence-electron chi connectivity index (χ2n) is 12.1. The van der Waals surface area contributed by atoms with E-state index in [1.165, 1.54) is 18.2 Å². The summed E-state index contributed by atoms with van der Waals surface area (Å²) < 4.78 is 31.0. The van der Waals surface area contributed by atoms with Crippen molar-refractivity contribution in [1.82, 2.24) is 29.3 Å². The molecular formula is C30H40F2N8O2. The zero-order chi connectivity index (χ0) is 29.2. The quantitative estimate of drug-likeness (QED) is 0.378. The number of carbonyl (C=O) groups excluding carboxylic acids is 1. The summed E-state index contributed by atoms with van der Waals surface area (Å²) in [7, 11) is 2.09. The lowest BCUT2D eigenvalue weighted by atomic mass is 9.85. The molecule has 0 radical (unpaired) electrons. The molecular weight excluding hydrogens is 542 g/mol. The minimum atomic E-state index is -0.701. The van der Waals surface area contributed by atoms with Crippen molar-refractivity contribution in [3.63, 3.8) is 0 Å². The van der Waals surface area contributed by atoms with Crippen LogP contribution in [0.25, 0.3) is 11.2 Å². The predicted molar refractivity (Wildman–Crippen MR) is 156 cm³/mol. The van der Waals surface area contributed by atoms with E-state index in [1.54, 1.807) is 6.20 Å². The molecule has 2 saturated carbocycles. The maximum absolute atomic E-state index is 14.6. The summed E-state index contributed by atoms with van der Waals surface area (Å²) in [5.74, 6) is -0.00820. The van der Waals surface area contributed by atoms with E-state index < -0.39 is 11.6 Å². The van der Waals surface area contributed by atoms with Crippen LogP contribution in [-0.2, 0) is 4.79 Å². The number of aliphatic hydroxyl groups excluding tert-OH is 1. The van der Waals surface area contributed by atoms with E-state index in [4.69, 9.17) is 4.98 Å². The highest BCUT2D eigenvalue weighted by Crippen LogP contribution is 2.37. The molecule has 1 saturated heterocycles. The number of fused-ring (bicyclic) bond motifs is 1. The molecule has 1 amide bonds. The van der Waals surface area contributed by atoms with Gasteiger partial charge in [0, 0.05) is 50.8 Å².